The predicted molar refractivity (Wildman–Crippen MR) is 232 cm³/mol. The van der Waals surface area contributed by atoms with Crippen LogP contribution in [0.1, 0.15) is 104 Å². The van der Waals surface area contributed by atoms with Crippen LogP contribution >= 0.6 is 0 Å². The summed E-state index contributed by atoms with van der Waals surface area (Å²) in [6.07, 6.45) is 2.12. The number of amides is 4. The summed E-state index contributed by atoms with van der Waals surface area (Å²) in [5.41, 5.74) is 3.72. The minimum absolute atomic E-state index is 0.0144. The first kappa shape index (κ1) is 45.1. The van der Waals surface area contributed by atoms with Crippen LogP contribution < -0.4 is 15.4 Å². The van der Waals surface area contributed by atoms with Crippen molar-refractivity contribution in [3.63, 3.8) is 0 Å². The maximum atomic E-state index is 13.8. The number of aromatic hydroxyl groups is 2. The van der Waals surface area contributed by atoms with Gasteiger partial charge in [-0.1, -0.05) is 40.7 Å². The number of imide groups is 1. The van der Waals surface area contributed by atoms with Gasteiger partial charge in [-0.3, -0.25) is 33.9 Å². The standard InChI is InChI=1S/C46H48N6O8.CHNO/c1-6-41-49-50-43(34-22-33(26(4)5)39(54)23-40(34)55)52(41)29-12-16-31(17-13-29)60-30-14-10-27(11-15-30)38(53)21-28(20-25(2)3)44(57)47-36-9-7-8-32-35(36)24-51(46(32)59)37-18-19-42(56)48-45(37)58;2-1-3/h7-17,22-23,25-26,28,37,54-55H,6,18-21,24H2,1-5H3,(H,47,57)(H,48,56,58);2H/t28-,37?;/m1./s1. The first-order valence-corrected chi connectivity index (χ1v) is 20.7. The summed E-state index contributed by atoms with van der Waals surface area (Å²) in [4.78, 5) is 74.8. The molecule has 1 aromatic heterocycles. The fourth-order valence-electron chi connectivity index (χ4n) is 7.87. The SMILES string of the molecule is CCc1nnc(-c2cc(C(C)C)c(O)cc2O)n1-c1ccc(Oc2ccc(C(=O)C[C@@H](CC(C)C)C(=O)Nc3cccc4c3CN(C3CCC(=O)NC3=O)C4=O)cc2)cc1.N=C=O. The predicted octanol–water partition coefficient (Wildman–Crippen LogP) is 7.36. The number of carbonyl (C=O) groups is 5. The number of phenolic OH excluding ortho intramolecular Hbond substituents is 2. The van der Waals surface area contributed by atoms with Crippen molar-refractivity contribution in [2.75, 3.05) is 5.32 Å². The molecule has 7 rings (SSSR count). The number of hydrogen-bond acceptors (Lipinski definition) is 12. The van der Waals surface area contributed by atoms with Crippen LogP contribution in [0.15, 0.2) is 78.9 Å². The van der Waals surface area contributed by atoms with Crippen LogP contribution in [0.4, 0.5) is 5.69 Å². The van der Waals surface area contributed by atoms with Gasteiger partial charge in [-0.2, -0.15) is 0 Å². The molecular formula is C47H49N7O9. The van der Waals surface area contributed by atoms with Gasteiger partial charge in [0.1, 0.15) is 34.9 Å². The minimum atomic E-state index is -0.781. The number of nitrogens with one attached hydrogen (secondary N) is 3. The Morgan fingerprint density at radius 3 is 2.22 bits per heavy atom. The highest BCUT2D eigenvalue weighted by Gasteiger charge is 2.40. The number of anilines is 1. The average Bonchev–Trinajstić information content (AvgIpc) is 3.82. The summed E-state index contributed by atoms with van der Waals surface area (Å²) in [6, 6.07) is 21.4. The molecule has 1 unspecified atom stereocenters. The second kappa shape index (κ2) is 19.5. The lowest BCUT2D eigenvalue weighted by Crippen LogP contribution is -2.52. The number of benzene rings is 4. The molecule has 2 aliphatic rings. The Labute approximate surface area is 363 Å². The molecule has 0 radical (unpaired) electrons. The topological polar surface area (TPSA) is 234 Å². The van der Waals surface area contributed by atoms with Gasteiger partial charge in [-0.25, -0.2) is 10.2 Å². The van der Waals surface area contributed by atoms with Crippen molar-refractivity contribution < 1.29 is 43.7 Å². The van der Waals surface area contributed by atoms with E-state index in [2.05, 4.69) is 20.8 Å². The molecule has 16 nitrogen and oxygen atoms in total. The van der Waals surface area contributed by atoms with Gasteiger partial charge in [0.05, 0.1) is 5.56 Å². The van der Waals surface area contributed by atoms with Gasteiger partial charge < -0.3 is 25.2 Å². The number of piperidine rings is 1. The molecule has 1 fully saturated rings. The molecule has 0 bridgehead atoms. The van der Waals surface area contributed by atoms with Gasteiger partial charge in [-0.05, 0) is 97.0 Å². The zero-order valence-electron chi connectivity index (χ0n) is 35.6. The molecule has 16 heteroatoms. The molecular weight excluding hydrogens is 807 g/mol. The maximum absolute atomic E-state index is 13.8. The van der Waals surface area contributed by atoms with E-state index in [9.17, 15) is 34.2 Å². The third-order valence-electron chi connectivity index (χ3n) is 11.0. The number of aromatic nitrogens is 3. The fraction of sp³-hybridized carbons (Fsp3) is 0.319. The van der Waals surface area contributed by atoms with Crippen LogP contribution in [-0.4, -0.2) is 71.4 Å². The smallest absolute Gasteiger partial charge is 0.255 e. The second-order valence-electron chi connectivity index (χ2n) is 16.1. The Hall–Kier alpha value is -7.45. The summed E-state index contributed by atoms with van der Waals surface area (Å²) in [7, 11) is 0. The Balaban J connectivity index is 0.00000214. The highest BCUT2D eigenvalue weighted by atomic mass is 16.5. The lowest BCUT2D eigenvalue weighted by molar-refractivity contribution is -0.137. The van der Waals surface area contributed by atoms with Crippen LogP contribution in [0.3, 0.4) is 0 Å². The third kappa shape index (κ3) is 10.0. The van der Waals surface area contributed by atoms with Gasteiger partial charge in [0.15, 0.2) is 11.6 Å². The molecule has 3 heterocycles. The zero-order valence-corrected chi connectivity index (χ0v) is 35.6. The van der Waals surface area contributed by atoms with Gasteiger partial charge in [0.2, 0.25) is 23.8 Å². The zero-order chi connectivity index (χ0) is 45.5. The molecule has 4 aromatic carbocycles. The molecule has 4 amide bonds. The highest BCUT2D eigenvalue weighted by Crippen LogP contribution is 2.39. The van der Waals surface area contributed by atoms with Gasteiger partial charge in [0, 0.05) is 65.9 Å². The molecule has 326 valence electrons. The Kier molecular flexibility index (Phi) is 14.0. The lowest BCUT2D eigenvalue weighted by Gasteiger charge is -2.29. The number of aryl methyl sites for hydroxylation is 1. The van der Waals surface area contributed by atoms with Crippen molar-refractivity contribution >= 4 is 41.2 Å². The van der Waals surface area contributed by atoms with Crippen molar-refractivity contribution in [3.8, 4) is 40.1 Å². The number of phenols is 2. The van der Waals surface area contributed by atoms with Crippen LogP contribution in [0.2, 0.25) is 0 Å². The van der Waals surface area contributed by atoms with Gasteiger partial charge >= 0.3 is 0 Å². The Bertz CT molecular complexity index is 2580. The first-order valence-electron chi connectivity index (χ1n) is 20.7. The number of carbonyl (C=O) groups excluding carboxylic acids is 6. The number of ether oxygens (including phenoxy) is 1. The molecule has 2 atom stereocenters. The summed E-state index contributed by atoms with van der Waals surface area (Å²) in [5, 5.41) is 40.6. The summed E-state index contributed by atoms with van der Waals surface area (Å²) >= 11 is 0. The van der Waals surface area contributed by atoms with E-state index in [1.807, 2.05) is 51.3 Å². The van der Waals surface area contributed by atoms with Crippen molar-refractivity contribution in [1.82, 2.24) is 25.0 Å². The van der Waals surface area contributed by atoms with Crippen LogP contribution in [0.5, 0.6) is 23.0 Å². The molecule has 1 saturated heterocycles. The van der Waals surface area contributed by atoms with Crippen molar-refractivity contribution in [1.29, 1.82) is 5.41 Å². The largest absolute Gasteiger partial charge is 0.508 e. The van der Waals surface area contributed by atoms with E-state index in [0.717, 1.165) is 11.8 Å². The van der Waals surface area contributed by atoms with E-state index in [1.54, 1.807) is 60.7 Å². The van der Waals surface area contributed by atoms with Crippen LogP contribution in [0, 0.1) is 17.2 Å². The number of Topliss-reactive ketones (excluding diaryl/α,β-unsaturated/α-hetero) is 1. The van der Waals surface area contributed by atoms with E-state index < -0.39 is 17.9 Å². The molecule has 0 saturated carbocycles. The van der Waals surface area contributed by atoms with Crippen molar-refractivity contribution in [2.24, 2.45) is 11.8 Å². The summed E-state index contributed by atoms with van der Waals surface area (Å²) in [6.45, 7) is 9.96. The number of nitrogens with zero attached hydrogens (tertiary/aromatic N) is 4. The highest BCUT2D eigenvalue weighted by molar-refractivity contribution is 6.07. The Morgan fingerprint density at radius 1 is 0.937 bits per heavy atom. The number of isocyanates is 1. The molecule has 2 aliphatic heterocycles. The lowest BCUT2D eigenvalue weighted by atomic mass is 9.89. The van der Waals surface area contributed by atoms with E-state index in [0.29, 0.717) is 69.5 Å². The molecule has 0 aliphatic carbocycles. The van der Waals surface area contributed by atoms with E-state index in [-0.39, 0.29) is 72.6 Å². The first-order chi connectivity index (χ1) is 30.1. The van der Waals surface area contributed by atoms with Crippen LogP contribution in [0.25, 0.3) is 17.1 Å². The minimum Gasteiger partial charge on any atom is -0.508 e. The van der Waals surface area contributed by atoms with E-state index in [1.165, 1.54) is 11.0 Å². The van der Waals surface area contributed by atoms with E-state index >= 15 is 0 Å². The molecule has 63 heavy (non-hydrogen) atoms. The van der Waals surface area contributed by atoms with Crippen LogP contribution in [-0.2, 0) is 32.1 Å². The normalized spacial score (nSPS) is 15.0. The number of rotatable bonds is 14. The van der Waals surface area contributed by atoms with E-state index in [4.69, 9.17) is 14.9 Å². The third-order valence-corrected chi connectivity index (χ3v) is 11.0. The van der Waals surface area contributed by atoms with Gasteiger partial charge in [-0.15, -0.1) is 10.2 Å². The van der Waals surface area contributed by atoms with Crippen molar-refractivity contribution in [2.45, 2.75) is 85.2 Å². The number of ketones is 1. The number of hydrogen-bond donors (Lipinski definition) is 5. The summed E-state index contributed by atoms with van der Waals surface area (Å²) < 4.78 is 7.98. The average molecular weight is 856 g/mol. The second-order valence-corrected chi connectivity index (χ2v) is 16.1. The monoisotopic (exact) mass is 855 g/mol. The Morgan fingerprint density at radius 2 is 1.60 bits per heavy atom. The number of fused-ring (bicyclic) bond motifs is 1. The molecule has 5 N–H and O–H groups in total. The molecule has 0 spiro atoms. The van der Waals surface area contributed by atoms with Crippen molar-refractivity contribution in [3.05, 3.63) is 107 Å². The maximum Gasteiger partial charge on any atom is 0.255 e. The fourth-order valence-corrected chi connectivity index (χ4v) is 7.87. The summed E-state index contributed by atoms with van der Waals surface area (Å²) in [5.74, 6) is -0.211. The van der Waals surface area contributed by atoms with Gasteiger partial charge in [0.25, 0.3) is 5.91 Å². The molecule has 5 aromatic rings. The quantitative estimate of drug-likeness (QED) is 0.0320.